The Hall–Kier alpha value is -9.21. The van der Waals surface area contributed by atoms with E-state index in [-0.39, 0.29) is 60.8 Å². The van der Waals surface area contributed by atoms with Gasteiger partial charge in [-0.3, -0.25) is 57.7 Å². The van der Waals surface area contributed by atoms with Crippen molar-refractivity contribution in [3.63, 3.8) is 0 Å². The van der Waals surface area contributed by atoms with Gasteiger partial charge in [0.05, 0.1) is 31.3 Å². The number of carboxylic acids is 1. The van der Waals surface area contributed by atoms with Crippen LogP contribution in [0.2, 0.25) is 0 Å². The average molecular weight is 1160 g/mol. The molecule has 0 heterocycles. The second kappa shape index (κ2) is 34.0. The largest absolute Gasteiger partial charge is 0.508 e. The van der Waals surface area contributed by atoms with Gasteiger partial charge in [-0.05, 0) is 74.9 Å². The van der Waals surface area contributed by atoms with E-state index >= 15 is 0 Å². The molecule has 0 aliphatic heterocycles. The molecule has 0 saturated heterocycles. The van der Waals surface area contributed by atoms with Gasteiger partial charge in [-0.2, -0.15) is 0 Å². The minimum atomic E-state index is -2.04. The van der Waals surface area contributed by atoms with Crippen molar-refractivity contribution in [2.24, 2.45) is 39.4 Å². The van der Waals surface area contributed by atoms with Gasteiger partial charge in [-0.15, -0.1) is 0 Å². The summed E-state index contributed by atoms with van der Waals surface area (Å²) in [6, 6.07) is -5.49. The molecule has 26 N–H and O–H groups in total. The average Bonchev–Trinajstić information content (AvgIpc) is 3.45. The number of rotatable bonds is 36. The van der Waals surface area contributed by atoms with Crippen LogP contribution in [0.15, 0.2) is 53.5 Å². The summed E-state index contributed by atoms with van der Waals surface area (Å²) in [6.07, 6.45) is -6.96. The van der Waals surface area contributed by atoms with E-state index in [1.807, 2.05) is 0 Å². The monoisotopic (exact) mass is 1160 g/mol. The van der Waals surface area contributed by atoms with Crippen molar-refractivity contribution in [3.8, 4) is 11.5 Å². The number of amides is 11. The fourth-order valence-corrected chi connectivity index (χ4v) is 7.45. The van der Waals surface area contributed by atoms with Crippen molar-refractivity contribution in [1.29, 1.82) is 0 Å². The Kier molecular flexibility index (Phi) is 28.6. The van der Waals surface area contributed by atoms with E-state index in [4.69, 9.17) is 34.4 Å². The van der Waals surface area contributed by atoms with Crippen molar-refractivity contribution < 1.29 is 88.2 Å². The van der Waals surface area contributed by atoms with Crippen LogP contribution in [0.4, 0.5) is 0 Å². The SMILES string of the molecule is C[C@@H](O)[C@H](NC(=O)[C@H](CCCN=C(N)N)NC(=O)[C@H](CO)NC(=O)[C@H](Cc1ccc(O)cc1)NC(=O)[C@@H](NC(=O)[C@H](CC(N)=O)NC(=O)[C@H](Cc1ccc(O)cc1)NC(=O)[C@H](CCC(N)=O)NC(=O)[C@@H](N)CCC(N)=O)[C@@H](C)O)C(=O)O. The maximum Gasteiger partial charge on any atom is 0.328 e. The number of aromatic hydroxyl groups is 2. The summed E-state index contributed by atoms with van der Waals surface area (Å²) in [5.74, 6) is -14.6. The molecule has 0 fully saturated rings. The maximum atomic E-state index is 14.2. The lowest BCUT2D eigenvalue weighted by Crippen LogP contribution is -2.63. The first kappa shape index (κ1) is 68.9. The molecular weight excluding hydrogens is 1090 g/mol. The Labute approximate surface area is 468 Å². The number of nitrogens with one attached hydrogen (secondary N) is 8. The van der Waals surface area contributed by atoms with Gasteiger partial charge in [0.25, 0.3) is 0 Å². The van der Waals surface area contributed by atoms with Gasteiger partial charge in [0.15, 0.2) is 12.0 Å². The minimum Gasteiger partial charge on any atom is -0.508 e. The highest BCUT2D eigenvalue weighted by molar-refractivity contribution is 5.99. The van der Waals surface area contributed by atoms with E-state index < -0.39 is 176 Å². The number of aliphatic imine (C=N–C) groups is 1. The molecule has 33 nitrogen and oxygen atoms in total. The summed E-state index contributed by atoms with van der Waals surface area (Å²) in [5.41, 5.74) is 33.0. The van der Waals surface area contributed by atoms with Crippen LogP contribution in [0.3, 0.4) is 0 Å². The number of nitrogens with zero attached hydrogens (tertiary/aromatic N) is 1. The number of carbonyl (C=O) groups excluding carboxylic acids is 11. The zero-order valence-electron chi connectivity index (χ0n) is 44.7. The number of nitrogens with two attached hydrogens (primary N) is 6. The number of carbonyl (C=O) groups is 12. The van der Waals surface area contributed by atoms with Crippen molar-refractivity contribution in [2.75, 3.05) is 13.2 Å². The molecule has 0 unspecified atom stereocenters. The highest BCUT2D eigenvalue weighted by atomic mass is 16.4. The lowest BCUT2D eigenvalue weighted by molar-refractivity contribution is -0.145. The van der Waals surface area contributed by atoms with E-state index in [9.17, 15) is 88.2 Å². The summed E-state index contributed by atoms with van der Waals surface area (Å²) in [7, 11) is 0. The highest BCUT2D eigenvalue weighted by Gasteiger charge is 2.37. The molecule has 11 amide bonds. The van der Waals surface area contributed by atoms with Crippen LogP contribution < -0.4 is 76.9 Å². The van der Waals surface area contributed by atoms with Crippen LogP contribution in [0, 0.1) is 0 Å². The first-order chi connectivity index (χ1) is 38.4. The quantitative estimate of drug-likeness (QED) is 0.0171. The molecule has 2 rings (SSSR count). The van der Waals surface area contributed by atoms with Crippen LogP contribution in [-0.4, -0.2) is 187 Å². The van der Waals surface area contributed by atoms with Gasteiger partial charge in [0.2, 0.25) is 65.0 Å². The predicted octanol–water partition coefficient (Wildman–Crippen LogP) is -8.61. The molecule has 82 heavy (non-hydrogen) atoms. The number of phenols is 2. The molecule has 0 aromatic heterocycles. The van der Waals surface area contributed by atoms with Gasteiger partial charge in [0.1, 0.15) is 53.8 Å². The molecule has 2 aromatic carbocycles. The zero-order chi connectivity index (χ0) is 62.0. The molecule has 2 aromatic rings. The number of hydrogen-bond donors (Lipinski definition) is 20. The van der Waals surface area contributed by atoms with Crippen LogP contribution in [-0.2, 0) is 70.4 Å². The van der Waals surface area contributed by atoms with E-state index in [1.165, 1.54) is 48.5 Å². The van der Waals surface area contributed by atoms with Gasteiger partial charge in [-0.25, -0.2) is 4.79 Å². The lowest BCUT2D eigenvalue weighted by Gasteiger charge is -2.28. The van der Waals surface area contributed by atoms with Gasteiger partial charge >= 0.3 is 5.97 Å². The first-order valence-electron chi connectivity index (χ1n) is 25.3. The zero-order valence-corrected chi connectivity index (χ0v) is 44.7. The number of phenolic OH excluding ortho intramolecular Hbond substituents is 2. The standard InChI is InChI=1S/C49H73N15O18/c1-22(66)38(47(80)61-32(19-25-7-11-27(69)12-8-25)44(77)62-34(21-65)46(79)58-29(4-3-17-56-49(54)55)42(75)64-39(23(2)67)48(81)82)63-45(78)33(20-37(53)72)60-43(76)31(18-24-5-9-26(68)10-6-24)59-41(74)30(14-16-36(52)71)57-40(73)28(50)13-15-35(51)70/h5-12,22-23,28-34,38-39,65-69H,3-4,13-21,50H2,1-2H3,(H2,51,70)(H2,52,71)(H2,53,72)(H,57,73)(H,58,79)(H,59,74)(H,60,76)(H,61,80)(H,62,77)(H,63,78)(H,64,75)(H,81,82)(H4,54,55,56)/t22-,23-,28+,29+,30+,31+,32+,33+,34+,38+,39+/m1/s1. The predicted molar refractivity (Wildman–Crippen MR) is 286 cm³/mol. The topological polar surface area (TPSA) is 591 Å². The van der Waals surface area contributed by atoms with E-state index in [0.29, 0.717) is 0 Å². The molecular formula is C49H73N15O18. The van der Waals surface area contributed by atoms with Crippen LogP contribution in [0.25, 0.3) is 0 Å². The van der Waals surface area contributed by atoms with Crippen molar-refractivity contribution in [1.82, 2.24) is 42.5 Å². The van der Waals surface area contributed by atoms with E-state index in [2.05, 4.69) is 47.5 Å². The highest BCUT2D eigenvalue weighted by Crippen LogP contribution is 2.15. The Morgan fingerprint density at radius 2 is 0.854 bits per heavy atom. The van der Waals surface area contributed by atoms with Crippen molar-refractivity contribution >= 4 is 76.9 Å². The van der Waals surface area contributed by atoms with Gasteiger partial charge in [0, 0.05) is 32.2 Å². The molecule has 11 atom stereocenters. The summed E-state index contributed by atoms with van der Waals surface area (Å²) in [6.45, 7) is 0.891. The van der Waals surface area contributed by atoms with Crippen LogP contribution in [0.1, 0.15) is 69.9 Å². The third-order valence-corrected chi connectivity index (χ3v) is 11.9. The Bertz CT molecular complexity index is 2600. The number of benzene rings is 2. The molecule has 33 heteroatoms. The molecule has 0 aliphatic carbocycles. The smallest absolute Gasteiger partial charge is 0.328 e. The number of hydrogen-bond acceptors (Lipinski definition) is 19. The normalized spacial score (nSPS) is 15.0. The van der Waals surface area contributed by atoms with Crippen molar-refractivity contribution in [2.45, 2.75) is 138 Å². The number of carboxylic acid groups (broad SMARTS) is 1. The number of aliphatic hydroxyl groups is 3. The lowest BCUT2D eigenvalue weighted by atomic mass is 10.0. The molecule has 452 valence electrons. The van der Waals surface area contributed by atoms with E-state index in [0.717, 1.165) is 13.8 Å². The number of guanidine groups is 1. The molecule has 0 spiro atoms. The molecule has 0 saturated carbocycles. The number of aliphatic carboxylic acids is 1. The summed E-state index contributed by atoms with van der Waals surface area (Å²) in [5, 5.41) is 78.5. The molecule has 0 radical (unpaired) electrons. The Morgan fingerprint density at radius 1 is 0.476 bits per heavy atom. The van der Waals surface area contributed by atoms with E-state index in [1.54, 1.807) is 0 Å². The summed E-state index contributed by atoms with van der Waals surface area (Å²) < 4.78 is 0. The fraction of sp³-hybridized carbons (Fsp3) is 0.490. The summed E-state index contributed by atoms with van der Waals surface area (Å²) in [4.78, 5) is 161. The third kappa shape index (κ3) is 24.9. The van der Waals surface area contributed by atoms with Crippen LogP contribution in [0.5, 0.6) is 11.5 Å². The minimum absolute atomic E-state index is 0.0128. The van der Waals surface area contributed by atoms with Gasteiger partial charge in [-0.1, -0.05) is 24.3 Å². The maximum absolute atomic E-state index is 14.2. The third-order valence-electron chi connectivity index (χ3n) is 11.9. The number of aliphatic hydroxyl groups excluding tert-OH is 3. The fourth-order valence-electron chi connectivity index (χ4n) is 7.45. The number of primary amides is 3. The summed E-state index contributed by atoms with van der Waals surface area (Å²) >= 11 is 0. The van der Waals surface area contributed by atoms with Crippen LogP contribution >= 0.6 is 0 Å². The second-order valence-electron chi connectivity index (χ2n) is 18.8. The van der Waals surface area contributed by atoms with Gasteiger partial charge < -0.3 is 108 Å². The first-order valence-corrected chi connectivity index (χ1v) is 25.3. The molecule has 0 aliphatic rings. The van der Waals surface area contributed by atoms with Crippen molar-refractivity contribution in [3.05, 3.63) is 59.7 Å². The molecule has 0 bridgehead atoms. The second-order valence-corrected chi connectivity index (χ2v) is 18.8. The Balaban J connectivity index is 2.51. The Morgan fingerprint density at radius 3 is 1.30 bits per heavy atom.